The van der Waals surface area contributed by atoms with Gasteiger partial charge in [-0.1, -0.05) is 18.2 Å². The number of hydrogen-bond donors (Lipinski definition) is 1. The van der Waals surface area contributed by atoms with Crippen LogP contribution >= 0.6 is 0 Å². The number of carbonyl (C=O) groups excluding carboxylic acids is 2. The number of rotatable bonds is 5. The van der Waals surface area contributed by atoms with Gasteiger partial charge in [0, 0.05) is 11.8 Å². The van der Waals surface area contributed by atoms with Gasteiger partial charge in [0.1, 0.15) is 18.1 Å². The number of para-hydroxylation sites is 1. The van der Waals surface area contributed by atoms with E-state index in [0.717, 1.165) is 0 Å². The van der Waals surface area contributed by atoms with Gasteiger partial charge >= 0.3 is 12.1 Å². The monoisotopic (exact) mass is 380 g/mol. The Morgan fingerprint density at radius 2 is 1.93 bits per heavy atom. The van der Waals surface area contributed by atoms with Gasteiger partial charge in [0.25, 0.3) is 5.91 Å². The summed E-state index contributed by atoms with van der Waals surface area (Å²) in [6, 6.07) is 13.0. The summed E-state index contributed by atoms with van der Waals surface area (Å²) in [5, 5.41) is 1.75. The Morgan fingerprint density at radius 3 is 2.63 bits per heavy atom. The van der Waals surface area contributed by atoms with E-state index in [1.807, 2.05) is 18.2 Å². The second-order valence-corrected chi connectivity index (χ2v) is 5.63. The molecule has 0 saturated carbocycles. The van der Waals surface area contributed by atoms with Crippen LogP contribution in [-0.2, 0) is 9.59 Å². The van der Waals surface area contributed by atoms with Gasteiger partial charge in [-0.05, 0) is 24.3 Å². The molecule has 3 rings (SSSR count). The van der Waals surface area contributed by atoms with Crippen molar-refractivity contribution < 1.29 is 32.2 Å². The molecule has 6 nitrogen and oxygen atoms in total. The van der Waals surface area contributed by atoms with Crippen LogP contribution < -0.4 is 19.7 Å². The van der Waals surface area contributed by atoms with Crippen LogP contribution in [0.4, 0.5) is 24.5 Å². The predicted octanol–water partition coefficient (Wildman–Crippen LogP) is 2.99. The van der Waals surface area contributed by atoms with Crippen LogP contribution in [0, 0.1) is 0 Å². The Balaban J connectivity index is 1.69. The van der Waals surface area contributed by atoms with E-state index in [0.29, 0.717) is 11.4 Å². The average molecular weight is 380 g/mol. The first-order valence-electron chi connectivity index (χ1n) is 7.98. The summed E-state index contributed by atoms with van der Waals surface area (Å²) in [7, 11) is 0. The minimum atomic E-state index is -4.99. The number of hydrogen-bond acceptors (Lipinski definition) is 4. The minimum Gasteiger partial charge on any atom is -0.492 e. The van der Waals surface area contributed by atoms with Crippen molar-refractivity contribution in [1.82, 2.24) is 0 Å². The zero-order valence-corrected chi connectivity index (χ0v) is 14.0. The molecule has 0 aromatic heterocycles. The highest BCUT2D eigenvalue weighted by Crippen LogP contribution is 2.34. The molecule has 142 valence electrons. The molecule has 0 aliphatic carbocycles. The van der Waals surface area contributed by atoms with E-state index < -0.39 is 12.1 Å². The minimum absolute atomic E-state index is 0.0779. The van der Waals surface area contributed by atoms with Gasteiger partial charge in [-0.25, -0.2) is 0 Å². The number of carbonyl (C=O) groups is 2. The van der Waals surface area contributed by atoms with Crippen LogP contribution in [0.3, 0.4) is 0 Å². The van der Waals surface area contributed by atoms with Crippen LogP contribution in [0.2, 0.25) is 0 Å². The zero-order chi connectivity index (χ0) is 19.4. The molecule has 9 heteroatoms. The van der Waals surface area contributed by atoms with Crippen molar-refractivity contribution in [3.8, 4) is 11.5 Å². The smallest absolute Gasteiger partial charge is 0.471 e. The van der Waals surface area contributed by atoms with E-state index in [4.69, 9.17) is 9.47 Å². The first kappa shape index (κ1) is 18.6. The van der Waals surface area contributed by atoms with Crippen molar-refractivity contribution in [1.29, 1.82) is 0 Å². The Labute approximate surface area is 152 Å². The van der Waals surface area contributed by atoms with Crippen LogP contribution in [0.5, 0.6) is 11.5 Å². The number of amides is 2. The maximum absolute atomic E-state index is 12.4. The highest BCUT2D eigenvalue weighted by Gasteiger charge is 2.39. The Hall–Kier alpha value is -3.23. The first-order chi connectivity index (χ1) is 12.8. The van der Waals surface area contributed by atoms with Crippen molar-refractivity contribution in [2.75, 3.05) is 30.0 Å². The molecule has 0 spiro atoms. The summed E-state index contributed by atoms with van der Waals surface area (Å²) >= 11 is 0. The molecule has 2 aromatic carbocycles. The van der Waals surface area contributed by atoms with Crippen molar-refractivity contribution in [3.05, 3.63) is 48.5 Å². The number of nitrogens with zero attached hydrogens (tertiary/aromatic N) is 1. The largest absolute Gasteiger partial charge is 0.492 e. The second-order valence-electron chi connectivity index (χ2n) is 5.63. The lowest BCUT2D eigenvalue weighted by Gasteiger charge is -2.29. The lowest BCUT2D eigenvalue weighted by Crippen LogP contribution is -2.41. The van der Waals surface area contributed by atoms with Gasteiger partial charge in [0.05, 0.1) is 12.2 Å². The highest BCUT2D eigenvalue weighted by atomic mass is 19.4. The first-order valence-corrected chi connectivity index (χ1v) is 7.98. The van der Waals surface area contributed by atoms with Gasteiger partial charge in [-0.2, -0.15) is 13.2 Å². The number of benzene rings is 2. The van der Waals surface area contributed by atoms with Crippen molar-refractivity contribution in [2.45, 2.75) is 6.18 Å². The summed E-state index contributed by atoms with van der Waals surface area (Å²) in [6.07, 6.45) is -4.99. The highest BCUT2D eigenvalue weighted by molar-refractivity contribution is 5.99. The molecule has 0 bridgehead atoms. The summed E-state index contributed by atoms with van der Waals surface area (Å²) in [6.45, 7) is 0.203. The Morgan fingerprint density at radius 1 is 1.19 bits per heavy atom. The quantitative estimate of drug-likeness (QED) is 0.866. The molecule has 0 saturated heterocycles. The molecular weight excluding hydrogens is 365 g/mol. The lowest BCUT2D eigenvalue weighted by atomic mass is 10.2. The van der Waals surface area contributed by atoms with E-state index in [-0.39, 0.29) is 37.1 Å². The summed E-state index contributed by atoms with van der Waals surface area (Å²) in [5.41, 5.74) is 0.318. The maximum atomic E-state index is 12.4. The number of anilines is 2. The summed E-state index contributed by atoms with van der Waals surface area (Å²) in [4.78, 5) is 24.6. The number of fused-ring (bicyclic) bond motifs is 1. The van der Waals surface area contributed by atoms with Crippen LogP contribution in [0.25, 0.3) is 0 Å². The number of nitrogens with one attached hydrogen (secondary N) is 1. The molecule has 1 aliphatic rings. The molecule has 1 N–H and O–H groups in total. The maximum Gasteiger partial charge on any atom is 0.471 e. The predicted molar refractivity (Wildman–Crippen MR) is 90.9 cm³/mol. The molecule has 0 radical (unpaired) electrons. The molecule has 2 aromatic rings. The summed E-state index contributed by atoms with van der Waals surface area (Å²) in [5.74, 6) is -1.52. The van der Waals surface area contributed by atoms with Crippen molar-refractivity contribution >= 4 is 23.2 Å². The fraction of sp³-hybridized carbons (Fsp3) is 0.222. The van der Waals surface area contributed by atoms with Crippen LogP contribution in [-0.4, -0.2) is 37.7 Å². The molecule has 1 aliphatic heterocycles. The third-order valence-corrected chi connectivity index (χ3v) is 3.74. The van der Waals surface area contributed by atoms with E-state index in [1.165, 1.54) is 23.1 Å². The SMILES string of the molecule is O=C1COc2cc(NC(=O)C(F)(F)F)ccc2N1CCOc1ccccc1. The van der Waals surface area contributed by atoms with Crippen LogP contribution in [0.1, 0.15) is 0 Å². The normalized spacial score (nSPS) is 13.6. The van der Waals surface area contributed by atoms with E-state index in [9.17, 15) is 22.8 Å². The summed E-state index contributed by atoms with van der Waals surface area (Å²) < 4.78 is 47.9. The molecule has 1 heterocycles. The zero-order valence-electron chi connectivity index (χ0n) is 14.0. The van der Waals surface area contributed by atoms with Gasteiger partial charge < -0.3 is 19.7 Å². The lowest BCUT2D eigenvalue weighted by molar-refractivity contribution is -0.167. The topological polar surface area (TPSA) is 67.9 Å². The van der Waals surface area contributed by atoms with Crippen molar-refractivity contribution in [3.63, 3.8) is 0 Å². The van der Waals surface area contributed by atoms with Gasteiger partial charge in [0.15, 0.2) is 6.61 Å². The molecular formula is C18H15F3N2O4. The number of halogens is 3. The van der Waals surface area contributed by atoms with Gasteiger partial charge in [-0.3, -0.25) is 9.59 Å². The molecule has 2 amide bonds. The molecule has 0 unspecified atom stereocenters. The van der Waals surface area contributed by atoms with Gasteiger partial charge in [-0.15, -0.1) is 0 Å². The average Bonchev–Trinajstić information content (AvgIpc) is 2.63. The molecule has 27 heavy (non-hydrogen) atoms. The van der Waals surface area contributed by atoms with Crippen LogP contribution in [0.15, 0.2) is 48.5 Å². The van der Waals surface area contributed by atoms with E-state index >= 15 is 0 Å². The fourth-order valence-corrected chi connectivity index (χ4v) is 2.50. The Bertz CT molecular complexity index is 840. The van der Waals surface area contributed by atoms with Gasteiger partial charge in [0.2, 0.25) is 0 Å². The van der Waals surface area contributed by atoms with E-state index in [1.54, 1.807) is 17.4 Å². The third kappa shape index (κ3) is 4.49. The van der Waals surface area contributed by atoms with Crippen molar-refractivity contribution in [2.24, 2.45) is 0 Å². The fourth-order valence-electron chi connectivity index (χ4n) is 2.50. The number of ether oxygens (including phenoxy) is 2. The Kier molecular flexibility index (Phi) is 5.20. The molecule has 0 atom stereocenters. The molecule has 0 fully saturated rings. The third-order valence-electron chi connectivity index (χ3n) is 3.74. The van der Waals surface area contributed by atoms with E-state index in [2.05, 4.69) is 0 Å². The standard InChI is InChI=1S/C18H15F3N2O4/c19-18(20,21)17(25)22-12-6-7-14-15(10-12)27-11-16(24)23(14)8-9-26-13-4-2-1-3-5-13/h1-7,10H,8-9,11H2,(H,22,25). The number of alkyl halides is 3. The second kappa shape index (κ2) is 7.56.